The third-order valence-corrected chi connectivity index (χ3v) is 8.04. The predicted octanol–water partition coefficient (Wildman–Crippen LogP) is 10.3. The number of ether oxygens (including phenoxy) is 4. The summed E-state index contributed by atoms with van der Waals surface area (Å²) in [7, 11) is 0. The van der Waals surface area contributed by atoms with Gasteiger partial charge in [-0.25, -0.2) is 9.59 Å². The molecule has 0 aliphatic rings. The van der Waals surface area contributed by atoms with Crippen LogP contribution in [0.1, 0.15) is 112 Å². The van der Waals surface area contributed by atoms with Gasteiger partial charge in [-0.15, -0.1) is 6.58 Å². The molecule has 276 valence electrons. The second kappa shape index (κ2) is 23.9. The van der Waals surface area contributed by atoms with Gasteiger partial charge in [-0.1, -0.05) is 81.9 Å². The van der Waals surface area contributed by atoms with Crippen molar-refractivity contribution in [1.29, 1.82) is 0 Å². The van der Waals surface area contributed by atoms with E-state index in [0.717, 1.165) is 57.1 Å². The van der Waals surface area contributed by atoms with Crippen LogP contribution in [0.3, 0.4) is 0 Å². The molecule has 0 unspecified atom stereocenters. The van der Waals surface area contributed by atoms with Crippen LogP contribution in [0.2, 0.25) is 0 Å². The van der Waals surface area contributed by atoms with Crippen LogP contribution >= 0.6 is 0 Å². The number of unbranched alkanes of at least 4 members (excludes halogenated alkanes) is 9. The van der Waals surface area contributed by atoms with Crippen molar-refractivity contribution in [2.24, 2.45) is 0 Å². The van der Waals surface area contributed by atoms with Gasteiger partial charge in [0.25, 0.3) is 0 Å². The Hall–Kier alpha value is -5.36. The molecule has 9 nitrogen and oxygen atoms in total. The van der Waals surface area contributed by atoms with Crippen molar-refractivity contribution in [1.82, 2.24) is 0 Å². The van der Waals surface area contributed by atoms with Gasteiger partial charge in [-0.05, 0) is 99.7 Å². The van der Waals surface area contributed by atoms with Crippen LogP contribution in [0.5, 0.6) is 17.2 Å². The van der Waals surface area contributed by atoms with Crippen molar-refractivity contribution in [2.75, 3.05) is 13.2 Å². The molecule has 0 fully saturated rings. The Morgan fingerprint density at radius 2 is 1.44 bits per heavy atom. The Morgan fingerprint density at radius 1 is 0.808 bits per heavy atom. The molecule has 3 aromatic rings. The molecule has 0 heterocycles. The fraction of sp³-hybridized carbons (Fsp3) is 0.395. The molecule has 0 aliphatic carbocycles. The summed E-state index contributed by atoms with van der Waals surface area (Å²) in [6, 6.07) is 17.8. The summed E-state index contributed by atoms with van der Waals surface area (Å²) in [6.07, 6.45) is 18.3. The monoisotopic (exact) mass is 709 g/mol. The first-order chi connectivity index (χ1) is 25.3. The Morgan fingerprint density at radius 3 is 2.15 bits per heavy atom. The standard InChI is InChI=1S/C43H51NO8/c1-4-6-8-10-11-12-13-14-15-16-18-31-49-38-26-28-39(29-27-38)52-43(46)37-24-21-35(22-25-37)19-20-36-23-30-41(40(33-36)44(47)48)51-34(3)42(45)50-32-17-9-7-5-2/h4,8,10,21-30,33-34H,1,5-7,9,11-18,31-32H2,2-3H3/b10-8-/t34-/m0/s1. The lowest BCUT2D eigenvalue weighted by molar-refractivity contribution is -0.386. The highest BCUT2D eigenvalue weighted by atomic mass is 16.6. The van der Waals surface area contributed by atoms with Gasteiger partial charge >= 0.3 is 17.6 Å². The highest BCUT2D eigenvalue weighted by Crippen LogP contribution is 2.29. The number of nitrogens with zero attached hydrogens (tertiary/aromatic N) is 1. The molecule has 0 saturated heterocycles. The first-order valence-electron chi connectivity index (χ1n) is 18.3. The zero-order chi connectivity index (χ0) is 37.4. The summed E-state index contributed by atoms with van der Waals surface area (Å²) in [5, 5.41) is 11.8. The van der Waals surface area contributed by atoms with E-state index in [4.69, 9.17) is 18.9 Å². The third-order valence-electron chi connectivity index (χ3n) is 8.04. The minimum Gasteiger partial charge on any atom is -0.494 e. The first kappa shape index (κ1) is 41.1. The maximum atomic E-state index is 12.7. The summed E-state index contributed by atoms with van der Waals surface area (Å²) in [4.78, 5) is 36.2. The molecular weight excluding hydrogens is 658 g/mol. The molecule has 9 heteroatoms. The van der Waals surface area contributed by atoms with Crippen LogP contribution in [-0.4, -0.2) is 36.2 Å². The molecule has 0 aromatic heterocycles. The second-order valence-electron chi connectivity index (χ2n) is 12.4. The van der Waals surface area contributed by atoms with Gasteiger partial charge in [0, 0.05) is 17.2 Å². The van der Waals surface area contributed by atoms with Crippen LogP contribution < -0.4 is 14.2 Å². The number of benzene rings is 3. The molecule has 3 rings (SSSR count). The maximum absolute atomic E-state index is 12.7. The number of nitro groups is 1. The van der Waals surface area contributed by atoms with Crippen molar-refractivity contribution in [2.45, 2.75) is 97.0 Å². The van der Waals surface area contributed by atoms with E-state index in [9.17, 15) is 19.7 Å². The number of hydrogen-bond donors (Lipinski definition) is 0. The number of carbonyl (C=O) groups is 2. The highest BCUT2D eigenvalue weighted by molar-refractivity contribution is 5.91. The second-order valence-corrected chi connectivity index (χ2v) is 12.4. The lowest BCUT2D eigenvalue weighted by Gasteiger charge is -2.14. The van der Waals surface area contributed by atoms with E-state index in [-0.39, 0.29) is 18.0 Å². The molecule has 1 atom stereocenters. The number of rotatable bonds is 23. The molecule has 0 radical (unpaired) electrons. The highest BCUT2D eigenvalue weighted by Gasteiger charge is 2.22. The predicted molar refractivity (Wildman–Crippen MR) is 204 cm³/mol. The summed E-state index contributed by atoms with van der Waals surface area (Å²) in [6.45, 7) is 8.24. The smallest absolute Gasteiger partial charge is 0.347 e. The Labute approximate surface area is 308 Å². The van der Waals surface area contributed by atoms with E-state index in [0.29, 0.717) is 29.0 Å². The van der Waals surface area contributed by atoms with Gasteiger partial charge in [0.2, 0.25) is 0 Å². The summed E-state index contributed by atoms with van der Waals surface area (Å²) in [5.74, 6) is 5.85. The van der Waals surface area contributed by atoms with Crippen molar-refractivity contribution in [3.63, 3.8) is 0 Å². The molecule has 3 aromatic carbocycles. The van der Waals surface area contributed by atoms with Gasteiger partial charge in [-0.2, -0.15) is 0 Å². The van der Waals surface area contributed by atoms with E-state index in [1.807, 2.05) is 6.08 Å². The van der Waals surface area contributed by atoms with E-state index in [1.54, 1.807) is 54.6 Å². The van der Waals surface area contributed by atoms with Gasteiger partial charge in [0.05, 0.1) is 23.7 Å². The van der Waals surface area contributed by atoms with Crippen LogP contribution in [0.4, 0.5) is 5.69 Å². The molecular formula is C43H51NO8. The molecule has 0 N–H and O–H groups in total. The minimum absolute atomic E-state index is 0.0489. The first-order valence-corrected chi connectivity index (χ1v) is 18.3. The average molecular weight is 710 g/mol. The quantitative estimate of drug-likeness (QED) is 0.0182. The Balaban J connectivity index is 1.43. The van der Waals surface area contributed by atoms with Crippen molar-refractivity contribution >= 4 is 17.6 Å². The zero-order valence-electron chi connectivity index (χ0n) is 30.5. The lowest BCUT2D eigenvalue weighted by Crippen LogP contribution is -2.26. The molecule has 0 spiro atoms. The van der Waals surface area contributed by atoms with E-state index >= 15 is 0 Å². The van der Waals surface area contributed by atoms with Gasteiger partial charge in [0.1, 0.15) is 11.5 Å². The largest absolute Gasteiger partial charge is 0.494 e. The summed E-state index contributed by atoms with van der Waals surface area (Å²) >= 11 is 0. The van der Waals surface area contributed by atoms with Crippen molar-refractivity contribution in [3.8, 4) is 29.1 Å². The Kier molecular flexibility index (Phi) is 18.9. The Bertz CT molecular complexity index is 1650. The normalized spacial score (nSPS) is 11.3. The van der Waals surface area contributed by atoms with Crippen molar-refractivity contribution in [3.05, 3.63) is 118 Å². The van der Waals surface area contributed by atoms with Crippen LogP contribution in [-0.2, 0) is 9.53 Å². The van der Waals surface area contributed by atoms with Gasteiger partial charge < -0.3 is 18.9 Å². The minimum atomic E-state index is -1.01. The number of hydrogen-bond acceptors (Lipinski definition) is 8. The number of esters is 2. The zero-order valence-corrected chi connectivity index (χ0v) is 30.5. The van der Waals surface area contributed by atoms with Crippen LogP contribution in [0.25, 0.3) is 0 Å². The number of allylic oxidation sites excluding steroid dienone is 3. The average Bonchev–Trinajstić information content (AvgIpc) is 3.15. The van der Waals surface area contributed by atoms with Crippen molar-refractivity contribution < 1.29 is 33.5 Å². The molecule has 0 bridgehead atoms. The lowest BCUT2D eigenvalue weighted by atomic mass is 10.1. The van der Waals surface area contributed by atoms with Gasteiger partial charge in [-0.3, -0.25) is 10.1 Å². The molecule has 0 aliphatic heterocycles. The number of nitro benzene ring substituents is 1. The number of carbonyl (C=O) groups excluding carboxylic acids is 2. The maximum Gasteiger partial charge on any atom is 0.347 e. The summed E-state index contributed by atoms with van der Waals surface area (Å²) in [5.41, 5.74) is 1.02. The molecule has 52 heavy (non-hydrogen) atoms. The SMILES string of the molecule is C=CC/C=C\CCCCCCCCOc1ccc(OC(=O)c2ccc(C#Cc3ccc(O[C@@H](C)C(=O)OCCCCCC)c([N+](=O)[O-])c3)cc2)cc1. The molecule has 0 saturated carbocycles. The topological polar surface area (TPSA) is 114 Å². The van der Waals surface area contributed by atoms with Crippen LogP contribution in [0.15, 0.2) is 91.5 Å². The third kappa shape index (κ3) is 15.7. The van der Waals surface area contributed by atoms with E-state index in [2.05, 4.69) is 37.5 Å². The molecule has 0 amide bonds. The van der Waals surface area contributed by atoms with E-state index < -0.39 is 23.0 Å². The fourth-order valence-corrected chi connectivity index (χ4v) is 5.07. The van der Waals surface area contributed by atoms with Gasteiger partial charge in [0.15, 0.2) is 11.9 Å². The van der Waals surface area contributed by atoms with E-state index in [1.165, 1.54) is 44.7 Å². The fourth-order valence-electron chi connectivity index (χ4n) is 5.07. The van der Waals surface area contributed by atoms with Crippen LogP contribution in [0, 0.1) is 22.0 Å². The summed E-state index contributed by atoms with van der Waals surface area (Å²) < 4.78 is 22.2.